The summed E-state index contributed by atoms with van der Waals surface area (Å²) in [4.78, 5) is 21.0. The van der Waals surface area contributed by atoms with Gasteiger partial charge in [0.25, 0.3) is 0 Å². The van der Waals surface area contributed by atoms with Crippen molar-refractivity contribution in [1.29, 1.82) is 0 Å². The van der Waals surface area contributed by atoms with Gasteiger partial charge in [-0.25, -0.2) is 0 Å². The number of carbonyl (C=O) groups is 1. The molecule has 0 aliphatic heterocycles. The number of hydrogen-bond acceptors (Lipinski definition) is 5. The largest absolute Gasteiger partial charge is 0.491 e. The van der Waals surface area contributed by atoms with E-state index in [0.29, 0.717) is 0 Å². The number of carboxylic acids is 1. The minimum atomic E-state index is -1.29. The summed E-state index contributed by atoms with van der Waals surface area (Å²) in [6, 6.07) is 3.25. The number of ether oxygens (including phenoxy) is 1. The van der Waals surface area contributed by atoms with Crippen LogP contribution in [0.5, 0.6) is 5.75 Å². The first-order valence-electron chi connectivity index (χ1n) is 6.40. The van der Waals surface area contributed by atoms with Crippen LogP contribution in [0, 0.1) is 15.9 Å². The maximum atomic E-state index is 13.4. The highest BCUT2D eigenvalue weighted by atomic mass is 19.1. The van der Waals surface area contributed by atoms with Crippen LogP contribution in [-0.4, -0.2) is 34.2 Å². The molecular weight excluding hydrogens is 283 g/mol. The molecule has 1 aliphatic rings. The van der Waals surface area contributed by atoms with Gasteiger partial charge in [-0.1, -0.05) is 0 Å². The second kappa shape index (κ2) is 5.65. The number of rotatable bonds is 7. The topological polar surface area (TPSA) is 102 Å². The minimum absolute atomic E-state index is 0.0446. The summed E-state index contributed by atoms with van der Waals surface area (Å²) in [5.41, 5.74) is -1.95. The summed E-state index contributed by atoms with van der Waals surface area (Å²) in [7, 11) is 0. The fourth-order valence-electron chi connectivity index (χ4n) is 1.80. The van der Waals surface area contributed by atoms with Crippen LogP contribution in [-0.2, 0) is 4.79 Å². The lowest BCUT2D eigenvalue weighted by molar-refractivity contribution is -0.387. The molecule has 2 rings (SSSR count). The van der Waals surface area contributed by atoms with Crippen molar-refractivity contribution in [2.24, 2.45) is 0 Å². The van der Waals surface area contributed by atoms with E-state index in [2.05, 4.69) is 5.32 Å². The molecule has 2 N–H and O–H groups in total. The van der Waals surface area contributed by atoms with Gasteiger partial charge >= 0.3 is 11.7 Å². The van der Waals surface area contributed by atoms with Gasteiger partial charge in [0.1, 0.15) is 17.9 Å². The Morgan fingerprint density at radius 1 is 1.62 bits per heavy atom. The quantitative estimate of drug-likeness (QED) is 0.587. The Balaban J connectivity index is 2.05. The van der Waals surface area contributed by atoms with E-state index in [1.807, 2.05) is 0 Å². The van der Waals surface area contributed by atoms with E-state index in [0.717, 1.165) is 25.0 Å². The number of hydrogen-bond donors (Lipinski definition) is 2. The molecule has 1 aromatic carbocycles. The van der Waals surface area contributed by atoms with Gasteiger partial charge in [-0.05, 0) is 25.8 Å². The number of nitrogens with zero attached hydrogens (tertiary/aromatic N) is 1. The van der Waals surface area contributed by atoms with Gasteiger partial charge < -0.3 is 9.84 Å². The van der Waals surface area contributed by atoms with Gasteiger partial charge in [0.15, 0.2) is 0 Å². The van der Waals surface area contributed by atoms with E-state index >= 15 is 0 Å². The molecule has 0 radical (unpaired) electrons. The second-order valence-corrected chi connectivity index (χ2v) is 5.21. The third kappa shape index (κ3) is 3.66. The molecule has 0 spiro atoms. The van der Waals surface area contributed by atoms with Gasteiger partial charge in [-0.3, -0.25) is 20.2 Å². The van der Waals surface area contributed by atoms with Crippen LogP contribution in [0.1, 0.15) is 19.8 Å². The van der Waals surface area contributed by atoms with Crippen molar-refractivity contribution in [2.45, 2.75) is 31.3 Å². The van der Waals surface area contributed by atoms with Gasteiger partial charge in [-0.15, -0.1) is 0 Å². The number of nitrogens with one attached hydrogen (secondary N) is 1. The molecule has 0 bridgehead atoms. The van der Waals surface area contributed by atoms with Crippen LogP contribution < -0.4 is 10.1 Å². The predicted molar refractivity (Wildman–Crippen MR) is 70.7 cm³/mol. The highest BCUT2D eigenvalue weighted by Gasteiger charge is 2.39. The molecule has 114 valence electrons. The lowest BCUT2D eigenvalue weighted by Gasteiger charge is -2.26. The molecule has 1 fully saturated rings. The van der Waals surface area contributed by atoms with Crippen LogP contribution >= 0.6 is 0 Å². The summed E-state index contributed by atoms with van der Waals surface area (Å²) in [6.45, 7) is 1.27. The van der Waals surface area contributed by atoms with Crippen LogP contribution in [0.2, 0.25) is 0 Å². The van der Waals surface area contributed by atoms with E-state index < -0.39 is 27.9 Å². The van der Waals surface area contributed by atoms with Crippen molar-refractivity contribution in [2.75, 3.05) is 6.61 Å². The van der Waals surface area contributed by atoms with E-state index in [1.165, 1.54) is 13.0 Å². The Kier molecular flexibility index (Phi) is 4.08. The minimum Gasteiger partial charge on any atom is -0.491 e. The zero-order valence-corrected chi connectivity index (χ0v) is 11.3. The third-order valence-electron chi connectivity index (χ3n) is 3.22. The fourth-order valence-corrected chi connectivity index (χ4v) is 1.80. The van der Waals surface area contributed by atoms with E-state index in [9.17, 15) is 24.4 Å². The summed E-state index contributed by atoms with van der Waals surface area (Å²) in [5, 5.41) is 22.7. The van der Waals surface area contributed by atoms with Crippen LogP contribution in [0.25, 0.3) is 0 Å². The zero-order chi connectivity index (χ0) is 15.6. The molecule has 21 heavy (non-hydrogen) atoms. The van der Waals surface area contributed by atoms with Crippen LogP contribution in [0.4, 0.5) is 10.1 Å². The van der Waals surface area contributed by atoms with Crippen LogP contribution in [0.3, 0.4) is 0 Å². The molecule has 1 aromatic rings. The molecule has 8 heteroatoms. The number of nitro benzene ring substituents is 1. The Labute approximate surface area is 119 Å². The number of carboxylic acid groups (broad SMARTS) is 1. The standard InChI is InChI=1S/C13H15FN2O5/c1-13(12(17)18,15-8-2-3-8)7-21-9-4-5-11(16(19)20)10(14)6-9/h4-6,8,15H,2-3,7H2,1H3,(H,17,18). The van der Waals surface area contributed by atoms with E-state index in [4.69, 9.17) is 4.74 Å². The summed E-state index contributed by atoms with van der Waals surface area (Å²) >= 11 is 0. The smallest absolute Gasteiger partial charge is 0.327 e. The summed E-state index contributed by atoms with van der Waals surface area (Å²) in [6.07, 6.45) is 1.82. The number of aliphatic carboxylic acids is 1. The summed E-state index contributed by atoms with van der Waals surface area (Å²) in [5.74, 6) is -2.05. The fraction of sp³-hybridized carbons (Fsp3) is 0.462. The summed E-state index contributed by atoms with van der Waals surface area (Å²) < 4.78 is 18.7. The third-order valence-corrected chi connectivity index (χ3v) is 3.22. The van der Waals surface area contributed by atoms with E-state index in [1.54, 1.807) is 0 Å². The van der Waals surface area contributed by atoms with Crippen molar-refractivity contribution in [3.8, 4) is 5.75 Å². The molecular formula is C13H15FN2O5. The SMILES string of the molecule is CC(COc1ccc([N+](=O)[O-])c(F)c1)(NC1CC1)C(=O)O. The monoisotopic (exact) mass is 298 g/mol. The molecule has 0 heterocycles. The first-order valence-corrected chi connectivity index (χ1v) is 6.40. The lowest BCUT2D eigenvalue weighted by Crippen LogP contribution is -2.54. The Hall–Kier alpha value is -2.22. The van der Waals surface area contributed by atoms with Crippen LogP contribution in [0.15, 0.2) is 18.2 Å². The zero-order valence-electron chi connectivity index (χ0n) is 11.3. The predicted octanol–water partition coefficient (Wildman–Crippen LogP) is 1.71. The van der Waals surface area contributed by atoms with Gasteiger partial charge in [0.2, 0.25) is 5.82 Å². The average Bonchev–Trinajstić information content (AvgIpc) is 3.19. The van der Waals surface area contributed by atoms with Gasteiger partial charge in [0, 0.05) is 18.2 Å². The first-order chi connectivity index (χ1) is 9.82. The molecule has 0 saturated heterocycles. The van der Waals surface area contributed by atoms with E-state index in [-0.39, 0.29) is 18.4 Å². The molecule has 1 aliphatic carbocycles. The Bertz CT molecular complexity index is 576. The lowest BCUT2D eigenvalue weighted by atomic mass is 10.0. The first kappa shape index (κ1) is 15.2. The van der Waals surface area contributed by atoms with Crippen molar-refractivity contribution >= 4 is 11.7 Å². The molecule has 0 amide bonds. The average molecular weight is 298 g/mol. The number of nitro groups is 1. The van der Waals surface area contributed by atoms with Crippen molar-refractivity contribution in [1.82, 2.24) is 5.32 Å². The van der Waals surface area contributed by atoms with Crippen molar-refractivity contribution < 1.29 is 24.0 Å². The highest BCUT2D eigenvalue weighted by Crippen LogP contribution is 2.25. The Morgan fingerprint density at radius 2 is 2.29 bits per heavy atom. The molecule has 1 unspecified atom stereocenters. The molecule has 1 saturated carbocycles. The maximum Gasteiger partial charge on any atom is 0.327 e. The molecule has 1 atom stereocenters. The van der Waals surface area contributed by atoms with Gasteiger partial charge in [-0.2, -0.15) is 4.39 Å². The molecule has 7 nitrogen and oxygen atoms in total. The number of halogens is 1. The van der Waals surface area contributed by atoms with Crippen molar-refractivity contribution in [3.05, 3.63) is 34.1 Å². The molecule has 0 aromatic heterocycles. The Morgan fingerprint density at radius 3 is 2.76 bits per heavy atom. The second-order valence-electron chi connectivity index (χ2n) is 5.21. The normalized spacial score (nSPS) is 17.0. The highest BCUT2D eigenvalue weighted by molar-refractivity contribution is 5.78. The van der Waals surface area contributed by atoms with Gasteiger partial charge in [0.05, 0.1) is 4.92 Å². The maximum absolute atomic E-state index is 13.4. The number of benzene rings is 1. The van der Waals surface area contributed by atoms with Crippen molar-refractivity contribution in [3.63, 3.8) is 0 Å².